The van der Waals surface area contributed by atoms with Crippen LogP contribution in [0.2, 0.25) is 0 Å². The fraction of sp³-hybridized carbons (Fsp3) is 0.500. The van der Waals surface area contributed by atoms with E-state index in [1.807, 2.05) is 33.0 Å². The Hall–Kier alpha value is -5.41. The Labute approximate surface area is 355 Å². The third-order valence-corrected chi connectivity index (χ3v) is 15.9. The number of benzene rings is 2. The normalized spacial score (nSPS) is 34.6. The van der Waals surface area contributed by atoms with E-state index in [2.05, 4.69) is 32.2 Å². The van der Waals surface area contributed by atoms with Gasteiger partial charge in [0.05, 0.1) is 42.7 Å². The lowest BCUT2D eigenvalue weighted by Gasteiger charge is -2.62. The molecule has 2 aromatic carbocycles. The highest BCUT2D eigenvalue weighted by atomic mass is 32.2. The standard InChI is InChI=1S/C44H47N5O11S/c1-19-10-22-13-43(15-45)16-48(5)38(42(22,4)39(51)32(19)56-7)31-36-30-29(35-34(58-18-59-35)20(2)33(30)60-21(3)50)28(49(31)43)14-57-41(54)44(17-61-36)37-25(12-27(47-44)40(52)53)24-11-23(55-6)8-9-26(24)46-37/h8-11,22,27-28,31,36,38,46-47,51H,12-14,16-18H2,1-7H3,(H,52,53)/t22?,27-,28-,31-,36+,38-,42?,43-,44+/m0/s1. The average molecular weight is 854 g/mol. The number of fused-ring (bicyclic) bond motifs is 8. The molecule has 61 heavy (non-hydrogen) atoms. The molecule has 4 saturated heterocycles. The minimum atomic E-state index is -1.71. The zero-order valence-corrected chi connectivity index (χ0v) is 35.7. The summed E-state index contributed by atoms with van der Waals surface area (Å²) in [4.78, 5) is 49.1. The number of aliphatic hydroxyl groups is 1. The van der Waals surface area contributed by atoms with Gasteiger partial charge >= 0.3 is 17.9 Å². The molecule has 17 heteroatoms. The number of nitrogens with one attached hydrogen (secondary N) is 2. The highest BCUT2D eigenvalue weighted by Crippen LogP contribution is 2.67. The maximum atomic E-state index is 15.2. The summed E-state index contributed by atoms with van der Waals surface area (Å²) >= 11 is 1.38. The zero-order valence-electron chi connectivity index (χ0n) is 34.8. The number of hydrogen-bond acceptors (Lipinski definition) is 15. The topological polar surface area (TPSA) is 205 Å². The van der Waals surface area contributed by atoms with E-state index in [0.717, 1.165) is 11.0 Å². The molecule has 3 unspecified atom stereocenters. The van der Waals surface area contributed by atoms with Crippen molar-refractivity contribution in [3.8, 4) is 29.1 Å². The number of aliphatic carboxylic acids is 1. The number of carbonyl (C=O) groups excluding carboxylic acids is 2. The third kappa shape index (κ3) is 5.19. The summed E-state index contributed by atoms with van der Waals surface area (Å²) in [5.41, 5.74) is 0.427. The van der Waals surface area contributed by atoms with Gasteiger partial charge in [-0.1, -0.05) is 13.0 Å². The molecule has 10 atom stereocenters. The monoisotopic (exact) mass is 853 g/mol. The first-order chi connectivity index (χ1) is 29.1. The Bertz CT molecular complexity index is 2580. The molecule has 12 rings (SSSR count). The van der Waals surface area contributed by atoms with E-state index in [1.165, 1.54) is 25.8 Å². The minimum Gasteiger partial charge on any atom is -0.508 e. The number of carboxylic acid groups (broad SMARTS) is 1. The molecule has 4 fully saturated rings. The fourth-order valence-corrected chi connectivity index (χ4v) is 13.7. The first kappa shape index (κ1) is 39.7. The third-order valence-electron chi connectivity index (χ3n) is 14.5. The highest BCUT2D eigenvalue weighted by molar-refractivity contribution is 7.99. The van der Waals surface area contributed by atoms with Crippen LogP contribution in [0.15, 0.2) is 41.4 Å². The number of aromatic amines is 1. The summed E-state index contributed by atoms with van der Waals surface area (Å²) in [5, 5.41) is 38.0. The van der Waals surface area contributed by atoms with E-state index >= 15 is 4.79 Å². The maximum absolute atomic E-state index is 15.2. The highest BCUT2D eigenvalue weighted by Gasteiger charge is 2.70. The molecule has 4 N–H and O–H groups in total. The van der Waals surface area contributed by atoms with Crippen molar-refractivity contribution in [1.82, 2.24) is 20.1 Å². The smallest absolute Gasteiger partial charge is 0.333 e. The van der Waals surface area contributed by atoms with Gasteiger partial charge in [-0.05, 0) is 62.6 Å². The maximum Gasteiger partial charge on any atom is 0.333 e. The van der Waals surface area contributed by atoms with Gasteiger partial charge in [-0.2, -0.15) is 5.26 Å². The molecular weight excluding hydrogens is 807 g/mol. The Balaban J connectivity index is 1.26. The Kier molecular flexibility index (Phi) is 8.82. The molecule has 4 bridgehead atoms. The summed E-state index contributed by atoms with van der Waals surface area (Å²) in [6, 6.07) is 5.08. The number of likely N-dealkylation sites (N-methyl/N-ethyl adjacent to an activating group) is 1. The van der Waals surface area contributed by atoms with Crippen LogP contribution in [0.5, 0.6) is 23.0 Å². The largest absolute Gasteiger partial charge is 0.508 e. The number of ether oxygens (including phenoxy) is 6. The fourth-order valence-electron chi connectivity index (χ4n) is 12.0. The van der Waals surface area contributed by atoms with Gasteiger partial charge in [-0.3, -0.25) is 24.7 Å². The van der Waals surface area contributed by atoms with Crippen molar-refractivity contribution in [2.24, 2.45) is 11.3 Å². The minimum absolute atomic E-state index is 0.0566. The number of rotatable bonds is 4. The molecule has 0 radical (unpaired) electrons. The van der Waals surface area contributed by atoms with Gasteiger partial charge in [0, 0.05) is 65.3 Å². The lowest BCUT2D eigenvalue weighted by Crippen LogP contribution is -2.73. The van der Waals surface area contributed by atoms with Gasteiger partial charge in [-0.25, -0.2) is 4.79 Å². The molecule has 1 spiro atoms. The van der Waals surface area contributed by atoms with Crippen molar-refractivity contribution < 1.29 is 53.0 Å². The molecule has 0 amide bonds. The van der Waals surface area contributed by atoms with Gasteiger partial charge in [0.1, 0.15) is 35.4 Å². The van der Waals surface area contributed by atoms with Gasteiger partial charge in [-0.15, -0.1) is 11.8 Å². The van der Waals surface area contributed by atoms with Crippen molar-refractivity contribution in [1.29, 1.82) is 5.26 Å². The average Bonchev–Trinajstić information content (AvgIpc) is 3.84. The Morgan fingerprint density at radius 2 is 1.89 bits per heavy atom. The second-order valence-electron chi connectivity index (χ2n) is 17.5. The van der Waals surface area contributed by atoms with E-state index < -0.39 is 63.8 Å². The number of hydrogen-bond donors (Lipinski definition) is 4. The second-order valence-corrected chi connectivity index (χ2v) is 18.7. The van der Waals surface area contributed by atoms with E-state index in [4.69, 9.17) is 28.4 Å². The Morgan fingerprint density at radius 3 is 2.59 bits per heavy atom. The number of carbonyl (C=O) groups is 3. The predicted octanol–water partition coefficient (Wildman–Crippen LogP) is 4.67. The molecule has 8 aliphatic heterocycles. The van der Waals surface area contributed by atoms with E-state index in [1.54, 1.807) is 20.1 Å². The zero-order chi connectivity index (χ0) is 43.1. The summed E-state index contributed by atoms with van der Waals surface area (Å²) in [6.07, 6.45) is 2.50. The lowest BCUT2D eigenvalue weighted by atomic mass is 9.63. The quantitative estimate of drug-likeness (QED) is 0.208. The van der Waals surface area contributed by atoms with Crippen LogP contribution >= 0.6 is 11.8 Å². The number of H-pyrrole nitrogens is 1. The summed E-state index contributed by atoms with van der Waals surface area (Å²) in [7, 11) is 5.06. The molecule has 1 aliphatic carbocycles. The van der Waals surface area contributed by atoms with Crippen LogP contribution in [-0.4, -0.2) is 114 Å². The number of methoxy groups -OCH3 is 2. The first-order valence-corrected chi connectivity index (χ1v) is 21.4. The van der Waals surface area contributed by atoms with Crippen molar-refractivity contribution in [3.63, 3.8) is 0 Å². The Morgan fingerprint density at radius 1 is 1.11 bits per heavy atom. The first-order valence-electron chi connectivity index (χ1n) is 20.3. The molecule has 0 saturated carbocycles. The van der Waals surface area contributed by atoms with Crippen LogP contribution < -0.4 is 24.3 Å². The van der Waals surface area contributed by atoms with Gasteiger partial charge in [0.15, 0.2) is 22.8 Å². The second kappa shape index (κ2) is 13.5. The molecule has 320 valence electrons. The van der Waals surface area contributed by atoms with Crippen LogP contribution in [0.25, 0.3) is 10.9 Å². The molecule has 1 aromatic heterocycles. The summed E-state index contributed by atoms with van der Waals surface area (Å²) in [5.74, 6) is -0.658. The van der Waals surface area contributed by atoms with Crippen molar-refractivity contribution in [3.05, 3.63) is 69.3 Å². The number of nitrogens with zero attached hydrogens (tertiary/aromatic N) is 3. The number of allylic oxidation sites excluding steroid dienone is 2. The number of esters is 2. The number of thioether (sulfide) groups is 1. The van der Waals surface area contributed by atoms with Gasteiger partial charge in [0.25, 0.3) is 0 Å². The molecular formula is C44H47N5O11S. The van der Waals surface area contributed by atoms with Gasteiger partial charge in [0.2, 0.25) is 6.79 Å². The number of carboxylic acids is 1. The summed E-state index contributed by atoms with van der Waals surface area (Å²) in [6.45, 7) is 6.96. The van der Waals surface area contributed by atoms with Crippen LogP contribution in [0.3, 0.4) is 0 Å². The van der Waals surface area contributed by atoms with Crippen LogP contribution in [0, 0.1) is 29.6 Å². The van der Waals surface area contributed by atoms with Crippen LogP contribution in [-0.2, 0) is 35.8 Å². The van der Waals surface area contributed by atoms with Crippen LogP contribution in [0.1, 0.15) is 66.4 Å². The SMILES string of the molecule is COC1=C(O)C2(C)C(C=C1C)C[C@]1(C#N)CN(C)[C@H]2[C@@H]2[C@@H]3SC[C@]4(N[C@H](C(=O)O)Cc5c4[nH]c4ccc(OC)cc54)C(=O)OC[C@@H](c4c5c(c(C)c(OC(C)=O)c43)OCO5)N21. The molecule has 9 heterocycles. The van der Waals surface area contributed by atoms with E-state index in [-0.39, 0.29) is 43.0 Å². The number of nitriles is 1. The number of aliphatic hydroxyl groups excluding tert-OH is 1. The lowest BCUT2D eigenvalue weighted by molar-refractivity contribution is -0.160. The number of aromatic nitrogens is 1. The van der Waals surface area contributed by atoms with E-state index in [0.29, 0.717) is 69.4 Å². The van der Waals surface area contributed by atoms with Crippen molar-refractivity contribution >= 4 is 40.6 Å². The number of piperazine rings is 1. The summed E-state index contributed by atoms with van der Waals surface area (Å²) < 4.78 is 36.5. The predicted molar refractivity (Wildman–Crippen MR) is 219 cm³/mol. The van der Waals surface area contributed by atoms with Crippen molar-refractivity contribution in [2.45, 2.75) is 81.0 Å². The van der Waals surface area contributed by atoms with Crippen molar-refractivity contribution in [2.75, 3.05) is 47.0 Å². The molecule has 3 aromatic rings. The van der Waals surface area contributed by atoms with Gasteiger partial charge < -0.3 is 43.6 Å². The molecule has 16 nitrogen and oxygen atoms in total. The van der Waals surface area contributed by atoms with Crippen LogP contribution in [0.4, 0.5) is 0 Å². The molecule has 9 aliphatic rings. The van der Waals surface area contributed by atoms with E-state index in [9.17, 15) is 25.1 Å².